The van der Waals surface area contributed by atoms with Gasteiger partial charge in [-0.05, 0) is 61.1 Å². The third-order valence-electron chi connectivity index (χ3n) is 5.00. The molecule has 0 radical (unpaired) electrons. The number of benzene rings is 1. The van der Waals surface area contributed by atoms with Crippen molar-refractivity contribution < 1.29 is 14.3 Å². The van der Waals surface area contributed by atoms with Crippen molar-refractivity contribution in [3.8, 4) is 11.3 Å². The second kappa shape index (κ2) is 7.09. The Kier molecular flexibility index (Phi) is 4.60. The van der Waals surface area contributed by atoms with Gasteiger partial charge in [0, 0.05) is 18.8 Å². The first-order valence-electron chi connectivity index (χ1n) is 8.84. The summed E-state index contributed by atoms with van der Waals surface area (Å²) in [5.41, 5.74) is 2.85. The molecule has 1 aliphatic heterocycles. The van der Waals surface area contributed by atoms with Crippen molar-refractivity contribution in [2.24, 2.45) is 0 Å². The van der Waals surface area contributed by atoms with Crippen LogP contribution in [0.1, 0.15) is 39.5 Å². The van der Waals surface area contributed by atoms with Crippen LogP contribution >= 0.6 is 12.2 Å². The van der Waals surface area contributed by atoms with E-state index in [0.717, 1.165) is 22.6 Å². The van der Waals surface area contributed by atoms with Gasteiger partial charge in [-0.25, -0.2) is 4.79 Å². The number of aromatic nitrogens is 1. The Morgan fingerprint density at radius 1 is 1.25 bits per heavy atom. The average Bonchev–Trinajstić information content (AvgIpc) is 3.27. The number of aryl methyl sites for hydroxylation is 1. The Balaban J connectivity index is 1.70. The first-order valence-corrected chi connectivity index (χ1v) is 9.25. The molecule has 1 aliphatic rings. The van der Waals surface area contributed by atoms with Crippen LogP contribution in [0.15, 0.2) is 59.1 Å². The van der Waals surface area contributed by atoms with Gasteiger partial charge < -0.3 is 19.7 Å². The number of likely N-dealkylation sites (N-methyl/N-ethyl adjacent to an activating group) is 1. The maximum atomic E-state index is 11.2. The third kappa shape index (κ3) is 3.14. The Bertz CT molecular complexity index is 1050. The van der Waals surface area contributed by atoms with Crippen molar-refractivity contribution in [3.05, 3.63) is 77.3 Å². The normalized spacial score (nSPS) is 18.9. The minimum atomic E-state index is -0.944. The summed E-state index contributed by atoms with van der Waals surface area (Å²) in [4.78, 5) is 17.6. The van der Waals surface area contributed by atoms with Crippen LogP contribution < -0.4 is 5.32 Å². The summed E-state index contributed by atoms with van der Waals surface area (Å²) in [6.45, 7) is 1.87. The van der Waals surface area contributed by atoms with Crippen molar-refractivity contribution in [1.82, 2.24) is 15.2 Å². The lowest BCUT2D eigenvalue weighted by molar-refractivity contribution is 0.0697. The van der Waals surface area contributed by atoms with E-state index in [1.54, 1.807) is 24.4 Å². The number of carboxylic acid groups (broad SMARTS) is 1. The molecule has 142 valence electrons. The van der Waals surface area contributed by atoms with Crippen LogP contribution in [0.25, 0.3) is 11.3 Å². The number of nitrogens with one attached hydrogen (secondary N) is 1. The molecule has 1 fully saturated rings. The maximum Gasteiger partial charge on any atom is 0.335 e. The standard InChI is InChI=1S/C21H19N3O3S/c1-12-11-13(20(25)26)6-7-14(12)16-8-9-17(27-16)19-18(23-21(28)24(19)2)15-5-3-4-10-22-15/h3-11,18-19H,1-2H3,(H,23,28)(H,25,26)/t18-,19+/m1/s1. The highest BCUT2D eigenvalue weighted by Crippen LogP contribution is 2.39. The van der Waals surface area contributed by atoms with Crippen molar-refractivity contribution in [1.29, 1.82) is 0 Å². The number of carboxylic acids is 1. The van der Waals surface area contributed by atoms with Gasteiger partial charge >= 0.3 is 5.97 Å². The summed E-state index contributed by atoms with van der Waals surface area (Å²) >= 11 is 5.45. The molecule has 0 amide bonds. The van der Waals surface area contributed by atoms with E-state index >= 15 is 0 Å². The second-order valence-electron chi connectivity index (χ2n) is 6.77. The zero-order valence-corrected chi connectivity index (χ0v) is 16.2. The predicted molar refractivity (Wildman–Crippen MR) is 109 cm³/mol. The molecule has 2 N–H and O–H groups in total. The molecule has 0 unspecified atom stereocenters. The molecule has 6 nitrogen and oxygen atoms in total. The minimum absolute atomic E-state index is 0.117. The molecule has 3 heterocycles. The summed E-state index contributed by atoms with van der Waals surface area (Å²) in [7, 11) is 1.93. The van der Waals surface area contributed by atoms with Crippen molar-refractivity contribution in [2.75, 3.05) is 7.05 Å². The Hall–Kier alpha value is -3.19. The SMILES string of the molecule is Cc1cc(C(=O)O)ccc1-c1ccc([C@H]2[C@@H](c3ccccn3)NC(=S)N2C)o1. The zero-order chi connectivity index (χ0) is 19.8. The summed E-state index contributed by atoms with van der Waals surface area (Å²) in [5, 5.41) is 13.1. The van der Waals surface area contributed by atoms with E-state index in [4.69, 9.17) is 21.7 Å². The summed E-state index contributed by atoms with van der Waals surface area (Å²) in [5.74, 6) is 0.512. The fourth-order valence-corrected chi connectivity index (χ4v) is 3.78. The lowest BCUT2D eigenvalue weighted by Crippen LogP contribution is -2.24. The predicted octanol–water partition coefficient (Wildman–Crippen LogP) is 3.95. The van der Waals surface area contributed by atoms with E-state index < -0.39 is 5.97 Å². The molecule has 1 saturated heterocycles. The smallest absolute Gasteiger partial charge is 0.335 e. The van der Waals surface area contributed by atoms with Gasteiger partial charge in [-0.3, -0.25) is 4.98 Å². The van der Waals surface area contributed by atoms with Gasteiger partial charge in [-0.2, -0.15) is 0 Å². The second-order valence-corrected chi connectivity index (χ2v) is 7.16. The molecule has 2 aromatic heterocycles. The van der Waals surface area contributed by atoms with Gasteiger partial charge in [0.1, 0.15) is 17.6 Å². The highest BCUT2D eigenvalue weighted by Gasteiger charge is 2.39. The van der Waals surface area contributed by atoms with Gasteiger partial charge in [0.05, 0.1) is 17.3 Å². The number of furan rings is 1. The molecule has 4 rings (SSSR count). The summed E-state index contributed by atoms with van der Waals surface area (Å²) in [6.07, 6.45) is 1.76. The molecule has 0 bridgehead atoms. The lowest BCUT2D eigenvalue weighted by atomic mass is 10.0. The maximum absolute atomic E-state index is 11.2. The number of nitrogens with zero attached hydrogens (tertiary/aromatic N) is 2. The van der Waals surface area contributed by atoms with Crippen LogP contribution in [-0.2, 0) is 0 Å². The Morgan fingerprint density at radius 2 is 2.07 bits per heavy atom. The zero-order valence-electron chi connectivity index (χ0n) is 15.4. The summed E-state index contributed by atoms with van der Waals surface area (Å²) < 4.78 is 6.19. The number of hydrogen-bond acceptors (Lipinski definition) is 4. The first-order chi connectivity index (χ1) is 13.5. The van der Waals surface area contributed by atoms with Gasteiger partial charge in [0.25, 0.3) is 0 Å². The van der Waals surface area contributed by atoms with Gasteiger partial charge in [-0.15, -0.1) is 0 Å². The molecular weight excluding hydrogens is 374 g/mol. The molecule has 28 heavy (non-hydrogen) atoms. The van der Waals surface area contributed by atoms with Crippen LogP contribution in [0, 0.1) is 6.92 Å². The van der Waals surface area contributed by atoms with E-state index in [0.29, 0.717) is 10.9 Å². The van der Waals surface area contributed by atoms with Gasteiger partial charge in [0.2, 0.25) is 0 Å². The number of thiocarbonyl (C=S) groups is 1. The monoisotopic (exact) mass is 393 g/mol. The van der Waals surface area contributed by atoms with Crippen LogP contribution in [0.2, 0.25) is 0 Å². The molecule has 3 aromatic rings. The number of carbonyl (C=O) groups is 1. The lowest BCUT2D eigenvalue weighted by Gasteiger charge is -2.21. The van der Waals surface area contributed by atoms with Crippen molar-refractivity contribution in [3.63, 3.8) is 0 Å². The highest BCUT2D eigenvalue weighted by atomic mass is 32.1. The van der Waals surface area contributed by atoms with E-state index in [-0.39, 0.29) is 17.6 Å². The van der Waals surface area contributed by atoms with E-state index in [9.17, 15) is 4.79 Å². The molecule has 2 atom stereocenters. The number of aromatic carboxylic acids is 1. The van der Waals surface area contributed by atoms with E-state index in [1.165, 1.54) is 0 Å². The van der Waals surface area contributed by atoms with Crippen LogP contribution in [0.5, 0.6) is 0 Å². The number of rotatable bonds is 4. The molecular formula is C21H19N3O3S. The third-order valence-corrected chi connectivity index (χ3v) is 5.40. The minimum Gasteiger partial charge on any atom is -0.478 e. The number of hydrogen-bond donors (Lipinski definition) is 2. The fourth-order valence-electron chi connectivity index (χ4n) is 3.54. The Morgan fingerprint density at radius 3 is 2.75 bits per heavy atom. The fraction of sp³-hybridized carbons (Fsp3) is 0.190. The van der Waals surface area contributed by atoms with E-state index in [1.807, 2.05) is 49.2 Å². The molecule has 0 saturated carbocycles. The molecule has 1 aromatic carbocycles. The number of pyridine rings is 1. The van der Waals surface area contributed by atoms with Gasteiger partial charge in [-0.1, -0.05) is 12.1 Å². The quantitative estimate of drug-likeness (QED) is 0.650. The topological polar surface area (TPSA) is 78.6 Å². The Labute approximate surface area is 167 Å². The van der Waals surface area contributed by atoms with Crippen LogP contribution in [0.4, 0.5) is 0 Å². The average molecular weight is 393 g/mol. The summed E-state index contributed by atoms with van der Waals surface area (Å²) in [6, 6.07) is 14.4. The van der Waals surface area contributed by atoms with Crippen molar-refractivity contribution >= 4 is 23.3 Å². The van der Waals surface area contributed by atoms with Crippen molar-refractivity contribution in [2.45, 2.75) is 19.0 Å². The van der Waals surface area contributed by atoms with Crippen LogP contribution in [0.3, 0.4) is 0 Å². The highest BCUT2D eigenvalue weighted by molar-refractivity contribution is 7.80. The molecule has 0 spiro atoms. The molecule has 7 heteroatoms. The van der Waals surface area contributed by atoms with Gasteiger partial charge in [0.15, 0.2) is 5.11 Å². The first kappa shape index (κ1) is 18.2. The molecule has 0 aliphatic carbocycles. The largest absolute Gasteiger partial charge is 0.478 e. The van der Waals surface area contributed by atoms with E-state index in [2.05, 4.69) is 10.3 Å². The van der Waals surface area contributed by atoms with Crippen LogP contribution in [-0.4, -0.2) is 33.1 Å².